The Kier molecular flexibility index (Phi) is 9.72. The SMILES string of the molecule is C=C(C)/C(C/C=C\C=C/I)=C(\S)N=CCC. The van der Waals surface area contributed by atoms with Crippen molar-refractivity contribution in [3.8, 4) is 0 Å². The summed E-state index contributed by atoms with van der Waals surface area (Å²) in [6.07, 6.45) is 9.68. The largest absolute Gasteiger partial charge is 0.254 e. The lowest BCUT2D eigenvalue weighted by atomic mass is 10.1. The van der Waals surface area contributed by atoms with Crippen LogP contribution >= 0.6 is 35.2 Å². The minimum Gasteiger partial charge on any atom is -0.254 e. The van der Waals surface area contributed by atoms with Crippen molar-refractivity contribution >= 4 is 41.4 Å². The van der Waals surface area contributed by atoms with Crippen molar-refractivity contribution in [3.63, 3.8) is 0 Å². The van der Waals surface area contributed by atoms with Crippen molar-refractivity contribution in [2.24, 2.45) is 4.99 Å². The number of allylic oxidation sites excluding steroid dienone is 5. The highest BCUT2D eigenvalue weighted by Gasteiger charge is 2.01. The fraction of sp³-hybridized carbons (Fsp3) is 0.308. The van der Waals surface area contributed by atoms with Crippen LogP contribution < -0.4 is 0 Å². The minimum absolute atomic E-state index is 0.762. The summed E-state index contributed by atoms with van der Waals surface area (Å²) in [6.45, 7) is 7.98. The molecule has 0 aromatic carbocycles. The summed E-state index contributed by atoms with van der Waals surface area (Å²) in [5, 5.41) is 0.762. The van der Waals surface area contributed by atoms with Crippen LogP contribution in [0.3, 0.4) is 0 Å². The second-order valence-corrected chi connectivity index (χ2v) is 4.40. The van der Waals surface area contributed by atoms with Gasteiger partial charge < -0.3 is 0 Å². The first kappa shape index (κ1) is 15.7. The van der Waals surface area contributed by atoms with Crippen molar-refractivity contribution in [1.29, 1.82) is 0 Å². The van der Waals surface area contributed by atoms with Crippen LogP contribution in [0.15, 0.2) is 50.1 Å². The van der Waals surface area contributed by atoms with Gasteiger partial charge in [0.25, 0.3) is 0 Å². The molecule has 0 rings (SSSR count). The molecule has 3 heteroatoms. The summed E-state index contributed by atoms with van der Waals surface area (Å²) >= 11 is 6.58. The molecule has 0 aromatic rings. The lowest BCUT2D eigenvalue weighted by Gasteiger charge is -2.05. The maximum atomic E-state index is 4.39. The van der Waals surface area contributed by atoms with Gasteiger partial charge in [0.15, 0.2) is 0 Å². The Morgan fingerprint density at radius 3 is 2.62 bits per heavy atom. The number of halogens is 1. The van der Waals surface area contributed by atoms with E-state index in [0.29, 0.717) is 0 Å². The number of nitrogens with zero attached hydrogens (tertiary/aromatic N) is 1. The van der Waals surface area contributed by atoms with E-state index in [1.165, 1.54) is 0 Å². The Hall–Kier alpha value is -0.290. The van der Waals surface area contributed by atoms with Gasteiger partial charge in [-0.2, -0.15) is 0 Å². The summed E-state index contributed by atoms with van der Waals surface area (Å²) in [6, 6.07) is 0. The van der Waals surface area contributed by atoms with E-state index in [9.17, 15) is 0 Å². The van der Waals surface area contributed by atoms with Crippen molar-refractivity contribution in [1.82, 2.24) is 0 Å². The molecule has 0 N–H and O–H groups in total. The highest BCUT2D eigenvalue weighted by Crippen LogP contribution is 2.21. The second kappa shape index (κ2) is 9.90. The van der Waals surface area contributed by atoms with Crippen molar-refractivity contribution in [3.05, 3.63) is 45.1 Å². The molecule has 0 aliphatic heterocycles. The number of hydrogen-bond donors (Lipinski definition) is 1. The number of rotatable bonds is 6. The molecule has 0 amide bonds. The predicted octanol–water partition coefficient (Wildman–Crippen LogP) is 5.08. The van der Waals surface area contributed by atoms with Crippen molar-refractivity contribution < 1.29 is 0 Å². The molecule has 0 aliphatic carbocycles. The molecule has 0 aliphatic rings. The Morgan fingerprint density at radius 1 is 1.44 bits per heavy atom. The summed E-state index contributed by atoms with van der Waals surface area (Å²) in [7, 11) is 0. The molecule has 1 nitrogen and oxygen atoms in total. The van der Waals surface area contributed by atoms with E-state index in [4.69, 9.17) is 0 Å². The molecule has 88 valence electrons. The Morgan fingerprint density at radius 2 is 2.12 bits per heavy atom. The number of aliphatic imine (C=N–C) groups is 1. The summed E-state index contributed by atoms with van der Waals surface area (Å²) < 4.78 is 1.97. The third kappa shape index (κ3) is 7.06. The van der Waals surface area contributed by atoms with Gasteiger partial charge in [-0.25, -0.2) is 0 Å². The topological polar surface area (TPSA) is 12.4 Å². The van der Waals surface area contributed by atoms with E-state index >= 15 is 0 Å². The first-order valence-corrected chi connectivity index (χ1v) is 6.85. The molecule has 0 heterocycles. The van der Waals surface area contributed by atoms with Gasteiger partial charge in [0.2, 0.25) is 0 Å². The first-order chi connectivity index (χ1) is 7.63. The molecule has 0 aromatic heterocycles. The molecule has 0 saturated heterocycles. The van der Waals surface area contributed by atoms with Gasteiger partial charge in [0, 0.05) is 6.21 Å². The smallest absolute Gasteiger partial charge is 0.0963 e. The minimum atomic E-state index is 0.762. The van der Waals surface area contributed by atoms with Gasteiger partial charge in [0.1, 0.15) is 0 Å². The van der Waals surface area contributed by atoms with E-state index < -0.39 is 0 Å². The number of thiol groups is 1. The van der Waals surface area contributed by atoms with E-state index in [2.05, 4.69) is 59.8 Å². The molecule has 0 spiro atoms. The van der Waals surface area contributed by atoms with Crippen LogP contribution in [0.4, 0.5) is 0 Å². The molecule has 0 radical (unpaired) electrons. The highest BCUT2D eigenvalue weighted by atomic mass is 127. The predicted molar refractivity (Wildman–Crippen MR) is 86.5 cm³/mol. The van der Waals surface area contributed by atoms with E-state index in [0.717, 1.165) is 29.0 Å². The lowest BCUT2D eigenvalue weighted by molar-refractivity contribution is 1.18. The fourth-order valence-electron chi connectivity index (χ4n) is 1.02. The van der Waals surface area contributed by atoms with Crippen LogP contribution in [0, 0.1) is 0 Å². The van der Waals surface area contributed by atoms with Crippen molar-refractivity contribution in [2.45, 2.75) is 26.7 Å². The molecular weight excluding hydrogens is 329 g/mol. The third-order valence-electron chi connectivity index (χ3n) is 1.82. The molecule has 0 fully saturated rings. The van der Waals surface area contributed by atoms with Gasteiger partial charge >= 0.3 is 0 Å². The van der Waals surface area contributed by atoms with Crippen LogP contribution in [0.2, 0.25) is 0 Å². The van der Waals surface area contributed by atoms with Gasteiger partial charge in [-0.3, -0.25) is 4.99 Å². The van der Waals surface area contributed by atoms with Crippen LogP contribution in [0.25, 0.3) is 0 Å². The highest BCUT2D eigenvalue weighted by molar-refractivity contribution is 14.1. The average Bonchev–Trinajstić information content (AvgIpc) is 2.25. The summed E-state index contributed by atoms with van der Waals surface area (Å²) in [5.41, 5.74) is 2.10. The van der Waals surface area contributed by atoms with Crippen LogP contribution in [0.1, 0.15) is 26.7 Å². The zero-order chi connectivity index (χ0) is 12.4. The first-order valence-electron chi connectivity index (χ1n) is 5.15. The number of hydrogen-bond acceptors (Lipinski definition) is 2. The molecule has 0 atom stereocenters. The van der Waals surface area contributed by atoms with Gasteiger partial charge in [-0.15, -0.1) is 12.6 Å². The van der Waals surface area contributed by atoms with E-state index in [-0.39, 0.29) is 0 Å². The summed E-state index contributed by atoms with van der Waals surface area (Å²) in [4.78, 5) is 4.27. The van der Waals surface area contributed by atoms with Gasteiger partial charge in [-0.1, -0.05) is 59.9 Å². The third-order valence-corrected chi connectivity index (χ3v) is 2.62. The zero-order valence-electron chi connectivity index (χ0n) is 9.78. The maximum absolute atomic E-state index is 4.39. The molecule has 0 bridgehead atoms. The molecule has 0 saturated carbocycles. The normalized spacial score (nSPS) is 14.0. The quantitative estimate of drug-likeness (QED) is 0.298. The zero-order valence-corrected chi connectivity index (χ0v) is 12.8. The molecule has 0 unspecified atom stereocenters. The Labute approximate surface area is 118 Å². The van der Waals surface area contributed by atoms with Crippen molar-refractivity contribution in [2.75, 3.05) is 0 Å². The van der Waals surface area contributed by atoms with E-state index in [1.807, 2.05) is 29.4 Å². The maximum Gasteiger partial charge on any atom is 0.0963 e. The van der Waals surface area contributed by atoms with E-state index in [1.54, 1.807) is 0 Å². The molecule has 16 heavy (non-hydrogen) atoms. The standard InChI is InChI=1S/C13H18INS/c1-4-10-15-13(16)12(11(2)3)8-6-5-7-9-14/h5-7,9-10,16H,2,4,8H2,1,3H3/b6-5-,9-7-,13-12-,15-10?. The fourth-order valence-corrected chi connectivity index (χ4v) is 1.62. The van der Waals surface area contributed by atoms with Crippen LogP contribution in [-0.2, 0) is 0 Å². The second-order valence-electron chi connectivity index (χ2n) is 3.25. The van der Waals surface area contributed by atoms with Crippen LogP contribution in [0.5, 0.6) is 0 Å². The monoisotopic (exact) mass is 347 g/mol. The Bertz CT molecular complexity index is 338. The average molecular weight is 347 g/mol. The van der Waals surface area contributed by atoms with Crippen LogP contribution in [-0.4, -0.2) is 6.21 Å². The molecular formula is C13H18INS. The lowest BCUT2D eigenvalue weighted by Crippen LogP contribution is -1.86. The van der Waals surface area contributed by atoms with Gasteiger partial charge in [-0.05, 0) is 29.4 Å². The Balaban J connectivity index is 4.73. The van der Waals surface area contributed by atoms with Gasteiger partial charge in [0.05, 0.1) is 5.03 Å². The summed E-state index contributed by atoms with van der Waals surface area (Å²) in [5.74, 6) is 0.